The van der Waals surface area contributed by atoms with Gasteiger partial charge in [-0.05, 0) is 43.1 Å². The fourth-order valence-corrected chi connectivity index (χ4v) is 1.81. The van der Waals surface area contributed by atoms with Crippen LogP contribution in [0, 0.1) is 6.92 Å². The average Bonchev–Trinajstić information content (AvgIpc) is 1.91. The predicted molar refractivity (Wildman–Crippen MR) is 58.8 cm³/mol. The number of hydrogen-bond acceptors (Lipinski definition) is 1. The maximum absolute atomic E-state index is 5.86. The van der Waals surface area contributed by atoms with Gasteiger partial charge in [-0.2, -0.15) is 0 Å². The lowest BCUT2D eigenvalue weighted by molar-refractivity contribution is 0.382. The van der Waals surface area contributed by atoms with E-state index in [4.69, 9.17) is 11.6 Å². The van der Waals surface area contributed by atoms with Gasteiger partial charge in [0.05, 0.1) is 0 Å². The van der Waals surface area contributed by atoms with Crippen molar-refractivity contribution in [3.8, 4) is 0 Å². The van der Waals surface area contributed by atoms with Crippen molar-refractivity contribution in [3.63, 3.8) is 0 Å². The Morgan fingerprint density at radius 1 is 1.46 bits per heavy atom. The van der Waals surface area contributed by atoms with Gasteiger partial charge in [-0.3, -0.25) is 0 Å². The zero-order chi connectivity index (χ0) is 8.55. The summed E-state index contributed by atoms with van der Waals surface area (Å²) in [6.45, 7) is 3.26. The zero-order valence-electron chi connectivity index (χ0n) is 7.51. The van der Waals surface area contributed by atoms with E-state index in [1.54, 1.807) is 0 Å². The highest BCUT2D eigenvalue weighted by Crippen LogP contribution is 2.27. The Labute approximate surface area is 89.9 Å². The molecule has 1 fully saturated rings. The molecule has 0 bridgehead atoms. The summed E-state index contributed by atoms with van der Waals surface area (Å²) in [4.78, 5) is 0. The van der Waals surface area contributed by atoms with Crippen molar-refractivity contribution in [2.24, 2.45) is 0 Å². The molecule has 0 aliphatic carbocycles. The summed E-state index contributed by atoms with van der Waals surface area (Å²) >= 11 is 5.86. The largest absolute Gasteiger partial charge is 0.310 e. The maximum atomic E-state index is 5.86. The quantitative estimate of drug-likeness (QED) is 0.763. The second-order valence-electron chi connectivity index (χ2n) is 3.30. The van der Waals surface area contributed by atoms with Crippen LogP contribution < -0.4 is 5.32 Å². The third-order valence-corrected chi connectivity index (χ3v) is 2.67. The molecule has 0 saturated carbocycles. The molecule has 1 saturated heterocycles. The van der Waals surface area contributed by atoms with E-state index in [9.17, 15) is 0 Å². The Hall–Kier alpha value is -0.240. The molecule has 1 aromatic carbocycles. The highest BCUT2D eigenvalue weighted by atomic mass is 35.5. The van der Waals surface area contributed by atoms with Gasteiger partial charge in [0.2, 0.25) is 0 Å². The molecule has 1 aliphatic heterocycles. The lowest BCUT2D eigenvalue weighted by Gasteiger charge is -2.29. The summed E-state index contributed by atoms with van der Waals surface area (Å²) < 4.78 is 0. The van der Waals surface area contributed by atoms with Gasteiger partial charge >= 0.3 is 0 Å². The van der Waals surface area contributed by atoms with Crippen molar-refractivity contribution in [3.05, 3.63) is 34.3 Å². The van der Waals surface area contributed by atoms with Crippen molar-refractivity contribution in [1.29, 1.82) is 0 Å². The molecule has 0 spiro atoms. The molecule has 13 heavy (non-hydrogen) atoms. The van der Waals surface area contributed by atoms with Gasteiger partial charge < -0.3 is 5.32 Å². The minimum Gasteiger partial charge on any atom is -0.310 e. The minimum absolute atomic E-state index is 0. The average molecular weight is 218 g/mol. The highest BCUT2D eigenvalue weighted by Gasteiger charge is 2.19. The van der Waals surface area contributed by atoms with E-state index in [0.717, 1.165) is 11.6 Å². The fraction of sp³-hybridized carbons (Fsp3) is 0.400. The van der Waals surface area contributed by atoms with Gasteiger partial charge in [0.15, 0.2) is 0 Å². The molecule has 3 heteroatoms. The molecule has 1 atom stereocenters. The van der Waals surface area contributed by atoms with E-state index < -0.39 is 0 Å². The molecule has 1 nitrogen and oxygen atoms in total. The zero-order valence-corrected chi connectivity index (χ0v) is 9.08. The lowest BCUT2D eigenvalue weighted by atomic mass is 9.94. The third kappa shape index (κ3) is 2.16. The van der Waals surface area contributed by atoms with Crippen LogP contribution in [0.25, 0.3) is 0 Å². The molecule has 0 amide bonds. The van der Waals surface area contributed by atoms with E-state index >= 15 is 0 Å². The second-order valence-corrected chi connectivity index (χ2v) is 3.73. The summed E-state index contributed by atoms with van der Waals surface area (Å²) in [5.74, 6) is 0. The number of rotatable bonds is 1. The third-order valence-electron chi connectivity index (χ3n) is 2.43. The normalized spacial score (nSPS) is 20.3. The standard InChI is InChI=1S/C10H12ClN.ClH/c1-7-6-8(11)2-3-9(7)10-4-5-12-10;/h2-3,6,10,12H,4-5H2,1H3;1H/t10-;/m1./s1. The highest BCUT2D eigenvalue weighted by molar-refractivity contribution is 6.30. The first kappa shape index (κ1) is 10.8. The first-order valence-corrected chi connectivity index (χ1v) is 4.64. The topological polar surface area (TPSA) is 12.0 Å². The first-order chi connectivity index (χ1) is 5.77. The van der Waals surface area contributed by atoms with E-state index in [0.29, 0.717) is 6.04 Å². The van der Waals surface area contributed by atoms with Crippen molar-refractivity contribution in [2.45, 2.75) is 19.4 Å². The number of hydrogen-bond donors (Lipinski definition) is 1. The fourth-order valence-electron chi connectivity index (χ4n) is 1.58. The SMILES string of the molecule is Cc1cc(Cl)ccc1[C@H]1CCN1.Cl. The Morgan fingerprint density at radius 3 is 2.62 bits per heavy atom. The predicted octanol–water partition coefficient (Wildman–Crippen LogP) is 3.10. The second kappa shape index (κ2) is 4.32. The van der Waals surface area contributed by atoms with E-state index in [2.05, 4.69) is 18.3 Å². The summed E-state index contributed by atoms with van der Waals surface area (Å²) in [5, 5.41) is 4.21. The van der Waals surface area contributed by atoms with Crippen molar-refractivity contribution in [1.82, 2.24) is 5.32 Å². The molecular formula is C10H13Cl2N. The van der Waals surface area contributed by atoms with Gasteiger partial charge in [0.1, 0.15) is 0 Å². The van der Waals surface area contributed by atoms with Gasteiger partial charge in [-0.15, -0.1) is 12.4 Å². The Morgan fingerprint density at radius 2 is 2.15 bits per heavy atom. The Bertz CT molecular complexity index is 295. The number of nitrogens with one attached hydrogen (secondary N) is 1. The monoisotopic (exact) mass is 217 g/mol. The van der Waals surface area contributed by atoms with Crippen LogP contribution in [0.5, 0.6) is 0 Å². The van der Waals surface area contributed by atoms with Crippen LogP contribution in [-0.4, -0.2) is 6.54 Å². The number of halogens is 2. The van der Waals surface area contributed by atoms with Crippen molar-refractivity contribution < 1.29 is 0 Å². The van der Waals surface area contributed by atoms with Crippen LogP contribution in [0.1, 0.15) is 23.6 Å². The number of aryl methyl sites for hydroxylation is 1. The first-order valence-electron chi connectivity index (χ1n) is 4.27. The van der Waals surface area contributed by atoms with Crippen LogP contribution >= 0.6 is 24.0 Å². The van der Waals surface area contributed by atoms with Gasteiger partial charge in [0.25, 0.3) is 0 Å². The summed E-state index contributed by atoms with van der Waals surface area (Å²) in [7, 11) is 0. The van der Waals surface area contributed by atoms with Crippen molar-refractivity contribution >= 4 is 24.0 Å². The molecule has 1 heterocycles. The van der Waals surface area contributed by atoms with Crippen molar-refractivity contribution in [2.75, 3.05) is 6.54 Å². The maximum Gasteiger partial charge on any atom is 0.0408 e. The summed E-state index contributed by atoms with van der Waals surface area (Å²) in [6.07, 6.45) is 1.25. The molecule has 0 unspecified atom stereocenters. The summed E-state index contributed by atoms with van der Waals surface area (Å²) in [5.41, 5.74) is 2.69. The molecule has 2 rings (SSSR count). The van der Waals surface area contributed by atoms with E-state index in [1.165, 1.54) is 17.5 Å². The van der Waals surface area contributed by atoms with Gasteiger partial charge in [-0.25, -0.2) is 0 Å². The van der Waals surface area contributed by atoms with Crippen LogP contribution in [0.2, 0.25) is 5.02 Å². The Kier molecular flexibility index (Phi) is 3.60. The van der Waals surface area contributed by atoms with E-state index in [-0.39, 0.29) is 12.4 Å². The summed E-state index contributed by atoms with van der Waals surface area (Å²) in [6, 6.07) is 6.68. The van der Waals surface area contributed by atoms with Gasteiger partial charge in [-0.1, -0.05) is 17.7 Å². The molecule has 1 aliphatic rings. The molecule has 1 N–H and O–H groups in total. The van der Waals surface area contributed by atoms with Crippen LogP contribution in [0.3, 0.4) is 0 Å². The van der Waals surface area contributed by atoms with E-state index in [1.807, 2.05) is 12.1 Å². The number of benzene rings is 1. The smallest absolute Gasteiger partial charge is 0.0408 e. The molecule has 0 aromatic heterocycles. The van der Waals surface area contributed by atoms with Crippen LogP contribution in [-0.2, 0) is 0 Å². The molecular weight excluding hydrogens is 205 g/mol. The lowest BCUT2D eigenvalue weighted by Crippen LogP contribution is -2.35. The van der Waals surface area contributed by atoms with Crippen LogP contribution in [0.15, 0.2) is 18.2 Å². The molecule has 1 aromatic rings. The molecule has 72 valence electrons. The van der Waals surface area contributed by atoms with Crippen LogP contribution in [0.4, 0.5) is 0 Å². The Balaban J connectivity index is 0.000000845. The van der Waals surface area contributed by atoms with Gasteiger partial charge in [0, 0.05) is 11.1 Å². The molecule has 0 radical (unpaired) electrons. The minimum atomic E-state index is 0.